The van der Waals surface area contributed by atoms with Gasteiger partial charge in [0.2, 0.25) is 15.9 Å². The van der Waals surface area contributed by atoms with E-state index in [2.05, 4.69) is 4.99 Å². The molecule has 0 aromatic carbocycles. The first-order chi connectivity index (χ1) is 10.7. The van der Waals surface area contributed by atoms with Crippen molar-refractivity contribution in [2.45, 2.75) is 18.9 Å². The van der Waals surface area contributed by atoms with E-state index in [0.717, 1.165) is 11.2 Å². The van der Waals surface area contributed by atoms with Crippen molar-refractivity contribution >= 4 is 27.8 Å². The standard InChI is InChI=1S/C13H19N5O4S/c1-16-11(10(7-14)12(19)17(2)13(16)20)15-9-5-4-6-18(8-9)23(3,21)22/h9-10H,4-6,8H2,1-3H3/p+1. The van der Waals surface area contributed by atoms with Crippen molar-refractivity contribution in [3.63, 3.8) is 0 Å². The maximum Gasteiger partial charge on any atom is 0.417 e. The van der Waals surface area contributed by atoms with Crippen LogP contribution in [0.15, 0.2) is 0 Å². The predicted octanol–water partition coefficient (Wildman–Crippen LogP) is -2.45. The molecule has 0 aromatic rings. The number of carbonyl (C=O) groups excluding carboxylic acids is 2. The molecular formula is C13H20N5O4S+. The Labute approximate surface area is 135 Å². The Morgan fingerprint density at radius 2 is 1.91 bits per heavy atom. The minimum Gasteiger partial charge on any atom is -0.272 e. The Balaban J connectivity index is 2.30. The SMILES string of the molecule is CN1C(=O)C(C#N)C(=[NH+]C2CCCN(S(C)(=O)=O)C2)N(C)C1=O. The fourth-order valence-electron chi connectivity index (χ4n) is 2.79. The summed E-state index contributed by atoms with van der Waals surface area (Å²) in [5.41, 5.74) is 0. The van der Waals surface area contributed by atoms with E-state index >= 15 is 0 Å². The smallest absolute Gasteiger partial charge is 0.272 e. The maximum atomic E-state index is 12.1. The Hall–Kier alpha value is -1.99. The van der Waals surface area contributed by atoms with E-state index in [9.17, 15) is 23.3 Å². The second-order valence-electron chi connectivity index (χ2n) is 5.79. The van der Waals surface area contributed by atoms with Crippen LogP contribution in [-0.2, 0) is 14.8 Å². The fourth-order valence-corrected chi connectivity index (χ4v) is 3.71. The van der Waals surface area contributed by atoms with Crippen LogP contribution >= 0.6 is 0 Å². The lowest BCUT2D eigenvalue weighted by Gasteiger charge is -2.30. The Bertz CT molecular complexity index is 696. The van der Waals surface area contributed by atoms with E-state index in [1.54, 1.807) is 0 Å². The quantitative estimate of drug-likeness (QED) is 0.598. The van der Waals surface area contributed by atoms with Crippen LogP contribution < -0.4 is 4.99 Å². The molecule has 0 aromatic heterocycles. The zero-order valence-corrected chi connectivity index (χ0v) is 14.1. The van der Waals surface area contributed by atoms with Crippen molar-refractivity contribution in [3.05, 3.63) is 0 Å². The highest BCUT2D eigenvalue weighted by atomic mass is 32.2. The monoisotopic (exact) mass is 342 g/mol. The van der Waals surface area contributed by atoms with Crippen molar-refractivity contribution in [3.8, 4) is 6.07 Å². The second-order valence-corrected chi connectivity index (χ2v) is 7.77. The van der Waals surface area contributed by atoms with Crippen molar-refractivity contribution in [2.24, 2.45) is 5.92 Å². The summed E-state index contributed by atoms with van der Waals surface area (Å²) in [6.07, 6.45) is 2.51. The summed E-state index contributed by atoms with van der Waals surface area (Å²) in [4.78, 5) is 29.3. The number of hydrogen-bond acceptors (Lipinski definition) is 5. The number of amidine groups is 1. The molecule has 3 amide bonds. The summed E-state index contributed by atoms with van der Waals surface area (Å²) in [7, 11) is -0.490. The van der Waals surface area contributed by atoms with Gasteiger partial charge in [-0.3, -0.25) is 9.79 Å². The van der Waals surface area contributed by atoms with Crippen molar-refractivity contribution in [1.82, 2.24) is 14.1 Å². The number of nitrogens with one attached hydrogen (secondary N) is 1. The van der Waals surface area contributed by atoms with Crippen LogP contribution in [0.4, 0.5) is 4.79 Å². The Kier molecular flexibility index (Phi) is 4.72. The molecule has 126 valence electrons. The van der Waals surface area contributed by atoms with Gasteiger partial charge in [-0.1, -0.05) is 0 Å². The molecular weight excluding hydrogens is 322 g/mol. The van der Waals surface area contributed by atoms with Gasteiger partial charge in [-0.15, -0.1) is 0 Å². The molecule has 2 heterocycles. The van der Waals surface area contributed by atoms with Crippen LogP contribution in [-0.4, -0.2) is 79.8 Å². The molecule has 2 saturated heterocycles. The molecule has 9 nitrogen and oxygen atoms in total. The van der Waals surface area contributed by atoms with Crippen LogP contribution in [0.3, 0.4) is 0 Å². The third-order valence-electron chi connectivity index (χ3n) is 4.12. The van der Waals surface area contributed by atoms with Crippen LogP contribution in [0.25, 0.3) is 0 Å². The molecule has 10 heteroatoms. The van der Waals surface area contributed by atoms with Crippen LogP contribution in [0.1, 0.15) is 12.8 Å². The normalized spacial score (nSPS) is 29.0. The lowest BCUT2D eigenvalue weighted by molar-refractivity contribution is -0.512. The molecule has 2 unspecified atom stereocenters. The van der Waals surface area contributed by atoms with Gasteiger partial charge in [0.15, 0.2) is 0 Å². The third kappa shape index (κ3) is 3.35. The van der Waals surface area contributed by atoms with E-state index in [-0.39, 0.29) is 18.4 Å². The fraction of sp³-hybridized carbons (Fsp3) is 0.692. The number of amides is 3. The first kappa shape index (κ1) is 17.4. The van der Waals surface area contributed by atoms with E-state index in [1.165, 1.54) is 23.3 Å². The zero-order chi connectivity index (χ0) is 17.4. The minimum atomic E-state index is -3.30. The van der Waals surface area contributed by atoms with Crippen molar-refractivity contribution < 1.29 is 23.0 Å². The molecule has 23 heavy (non-hydrogen) atoms. The molecule has 0 spiro atoms. The van der Waals surface area contributed by atoms with Gasteiger partial charge in [0.05, 0.1) is 25.9 Å². The molecule has 2 fully saturated rings. The molecule has 0 aliphatic carbocycles. The molecule has 2 aliphatic heterocycles. The van der Waals surface area contributed by atoms with Gasteiger partial charge in [-0.25, -0.2) is 18.1 Å². The number of imide groups is 1. The number of rotatable bonds is 2. The summed E-state index contributed by atoms with van der Waals surface area (Å²) >= 11 is 0. The molecule has 0 radical (unpaired) electrons. The molecule has 2 aliphatic rings. The number of urea groups is 1. The number of piperidine rings is 1. The largest absolute Gasteiger partial charge is 0.417 e. The first-order valence-corrected chi connectivity index (χ1v) is 9.05. The van der Waals surface area contributed by atoms with E-state index < -0.39 is 27.9 Å². The number of nitrogens with zero attached hydrogens (tertiary/aromatic N) is 4. The molecule has 0 saturated carbocycles. The maximum absolute atomic E-state index is 12.1. The highest BCUT2D eigenvalue weighted by Crippen LogP contribution is 2.14. The van der Waals surface area contributed by atoms with Gasteiger partial charge in [-0.2, -0.15) is 14.5 Å². The second kappa shape index (κ2) is 6.25. The van der Waals surface area contributed by atoms with Gasteiger partial charge in [0, 0.05) is 13.6 Å². The summed E-state index contributed by atoms with van der Waals surface area (Å²) in [5, 5.41) is 9.26. The highest BCUT2D eigenvalue weighted by Gasteiger charge is 2.47. The zero-order valence-electron chi connectivity index (χ0n) is 13.3. The van der Waals surface area contributed by atoms with Crippen molar-refractivity contribution in [2.75, 3.05) is 33.4 Å². The lowest BCUT2D eigenvalue weighted by Crippen LogP contribution is -2.87. The first-order valence-electron chi connectivity index (χ1n) is 7.20. The van der Waals surface area contributed by atoms with E-state index in [0.29, 0.717) is 19.4 Å². The van der Waals surface area contributed by atoms with Gasteiger partial charge in [-0.05, 0) is 12.8 Å². The summed E-state index contributed by atoms with van der Waals surface area (Å²) < 4.78 is 24.7. The van der Waals surface area contributed by atoms with Crippen LogP contribution in [0, 0.1) is 17.2 Å². The minimum absolute atomic E-state index is 0.209. The summed E-state index contributed by atoms with van der Waals surface area (Å²) in [6, 6.07) is 1.12. The third-order valence-corrected chi connectivity index (χ3v) is 5.39. The van der Waals surface area contributed by atoms with Crippen molar-refractivity contribution in [1.29, 1.82) is 5.26 Å². The van der Waals surface area contributed by atoms with Crippen LogP contribution in [0.5, 0.6) is 0 Å². The van der Waals surface area contributed by atoms with E-state index in [1.807, 2.05) is 6.07 Å². The van der Waals surface area contributed by atoms with Gasteiger partial charge in [0.1, 0.15) is 6.04 Å². The highest BCUT2D eigenvalue weighted by molar-refractivity contribution is 7.88. The molecule has 2 atom stereocenters. The summed E-state index contributed by atoms with van der Waals surface area (Å²) in [5.74, 6) is -1.48. The summed E-state index contributed by atoms with van der Waals surface area (Å²) in [6.45, 7) is 0.691. The average Bonchev–Trinajstić information content (AvgIpc) is 2.50. The number of sulfonamides is 1. The average molecular weight is 342 g/mol. The number of nitriles is 1. The number of hydrogen-bond donors (Lipinski definition) is 1. The lowest BCUT2D eigenvalue weighted by atomic mass is 10.0. The Morgan fingerprint density at radius 3 is 2.48 bits per heavy atom. The van der Waals surface area contributed by atoms with Gasteiger partial charge in [0.25, 0.3) is 11.7 Å². The molecule has 1 N–H and O–H groups in total. The number of carbonyl (C=O) groups is 2. The van der Waals surface area contributed by atoms with E-state index in [4.69, 9.17) is 0 Å². The predicted molar refractivity (Wildman–Crippen MR) is 80.4 cm³/mol. The van der Waals surface area contributed by atoms with Gasteiger partial charge < -0.3 is 0 Å². The van der Waals surface area contributed by atoms with Gasteiger partial charge >= 0.3 is 6.03 Å². The topological polar surface area (TPSA) is 116 Å². The Morgan fingerprint density at radius 1 is 1.26 bits per heavy atom. The molecule has 2 rings (SSSR count). The van der Waals surface area contributed by atoms with Crippen LogP contribution in [0.2, 0.25) is 0 Å². The molecule has 0 bridgehead atoms.